The van der Waals surface area contributed by atoms with E-state index in [0.29, 0.717) is 0 Å². The standard InChI is InChI=1S/C23H38P2/c1-5-11-21-17-16-20(8-4)25(21)23-13-10-9-12-22(23)24-18(6-2)14-15-19(24)7-3/h9-10,12-13,18-21H,5-8,11,14-17H2,1-4H3/t18-,19-,20-,21-,25?/m1/s1. The van der Waals surface area contributed by atoms with Gasteiger partial charge in [0.2, 0.25) is 0 Å². The van der Waals surface area contributed by atoms with Gasteiger partial charge in [-0.15, -0.1) is 0 Å². The molecule has 5 atom stereocenters. The average molecular weight is 377 g/mol. The van der Waals surface area contributed by atoms with Crippen LogP contribution in [0.5, 0.6) is 0 Å². The average Bonchev–Trinajstić information content (AvgIpc) is 3.25. The number of benzene rings is 1. The first-order chi connectivity index (χ1) is 12.2. The Kier molecular flexibility index (Phi) is 7.40. The van der Waals surface area contributed by atoms with Crippen molar-refractivity contribution < 1.29 is 0 Å². The summed E-state index contributed by atoms with van der Waals surface area (Å²) in [5.74, 6) is 0. The Hall–Kier alpha value is 0.0800. The summed E-state index contributed by atoms with van der Waals surface area (Å²) in [6.45, 7) is 9.72. The van der Waals surface area contributed by atoms with E-state index in [0.717, 1.165) is 22.6 Å². The fourth-order valence-corrected chi connectivity index (χ4v) is 13.5. The molecule has 2 saturated heterocycles. The van der Waals surface area contributed by atoms with Gasteiger partial charge in [-0.25, -0.2) is 0 Å². The van der Waals surface area contributed by atoms with Gasteiger partial charge in [0.1, 0.15) is 0 Å². The van der Waals surface area contributed by atoms with Crippen molar-refractivity contribution >= 4 is 26.5 Å². The van der Waals surface area contributed by atoms with Crippen molar-refractivity contribution in [2.45, 2.75) is 108 Å². The van der Waals surface area contributed by atoms with Crippen molar-refractivity contribution in [2.75, 3.05) is 0 Å². The van der Waals surface area contributed by atoms with Crippen LogP contribution in [0.4, 0.5) is 0 Å². The summed E-state index contributed by atoms with van der Waals surface area (Å²) < 4.78 is 0. The summed E-state index contributed by atoms with van der Waals surface area (Å²) in [5.41, 5.74) is 3.97. The van der Waals surface area contributed by atoms with Crippen LogP contribution in [0.1, 0.15) is 85.5 Å². The van der Waals surface area contributed by atoms with Crippen LogP contribution in [-0.4, -0.2) is 22.6 Å². The SMILES string of the molecule is CCC[C@@H]1CC[C@@H](CC)P1c1ccccc1P1[C@H](CC)CC[C@H]1CC. The highest BCUT2D eigenvalue weighted by Crippen LogP contribution is 2.61. The topological polar surface area (TPSA) is 0 Å². The van der Waals surface area contributed by atoms with E-state index < -0.39 is 0 Å². The van der Waals surface area contributed by atoms with Gasteiger partial charge in [0.25, 0.3) is 0 Å². The van der Waals surface area contributed by atoms with E-state index in [1.165, 1.54) is 57.8 Å². The van der Waals surface area contributed by atoms with Gasteiger partial charge in [0, 0.05) is 0 Å². The highest BCUT2D eigenvalue weighted by Gasteiger charge is 2.40. The molecule has 25 heavy (non-hydrogen) atoms. The fraction of sp³-hybridized carbons (Fsp3) is 0.739. The molecule has 2 heteroatoms. The van der Waals surface area contributed by atoms with Crippen molar-refractivity contribution in [1.29, 1.82) is 0 Å². The number of hydrogen-bond donors (Lipinski definition) is 0. The Morgan fingerprint density at radius 1 is 0.680 bits per heavy atom. The van der Waals surface area contributed by atoms with Crippen LogP contribution in [0.15, 0.2) is 24.3 Å². The van der Waals surface area contributed by atoms with Gasteiger partial charge in [-0.2, -0.15) is 0 Å². The largest absolute Gasteiger partial charge is 0.0683 e. The first kappa shape index (κ1) is 19.8. The molecule has 140 valence electrons. The third-order valence-corrected chi connectivity index (χ3v) is 14.3. The molecule has 2 heterocycles. The van der Waals surface area contributed by atoms with E-state index in [-0.39, 0.29) is 15.8 Å². The molecule has 1 aromatic carbocycles. The molecule has 2 aliphatic heterocycles. The highest BCUT2D eigenvalue weighted by atomic mass is 31.1. The monoisotopic (exact) mass is 376 g/mol. The van der Waals surface area contributed by atoms with E-state index in [1.54, 1.807) is 0 Å². The number of hydrogen-bond acceptors (Lipinski definition) is 0. The second-order valence-electron chi connectivity index (χ2n) is 8.09. The maximum Gasteiger partial charge on any atom is -0.0158 e. The van der Waals surface area contributed by atoms with Gasteiger partial charge in [0.15, 0.2) is 0 Å². The molecule has 3 rings (SSSR count). The minimum absolute atomic E-state index is 0.0581. The lowest BCUT2D eigenvalue weighted by Crippen LogP contribution is -2.30. The smallest absolute Gasteiger partial charge is 0.0158 e. The third kappa shape index (κ3) is 4.01. The Morgan fingerprint density at radius 3 is 1.48 bits per heavy atom. The molecule has 0 aliphatic carbocycles. The van der Waals surface area contributed by atoms with E-state index in [9.17, 15) is 0 Å². The van der Waals surface area contributed by atoms with Crippen LogP contribution in [0, 0.1) is 0 Å². The maximum atomic E-state index is 2.57. The second kappa shape index (κ2) is 9.33. The normalized spacial score (nSPS) is 33.2. The van der Waals surface area contributed by atoms with Crippen LogP contribution in [0.2, 0.25) is 0 Å². The van der Waals surface area contributed by atoms with Crippen molar-refractivity contribution in [3.63, 3.8) is 0 Å². The van der Waals surface area contributed by atoms with Crippen molar-refractivity contribution in [3.05, 3.63) is 24.3 Å². The quantitative estimate of drug-likeness (QED) is 0.450. The highest BCUT2D eigenvalue weighted by molar-refractivity contribution is 7.73. The molecule has 0 bridgehead atoms. The van der Waals surface area contributed by atoms with Crippen molar-refractivity contribution in [1.82, 2.24) is 0 Å². The second-order valence-corrected chi connectivity index (χ2v) is 13.6. The zero-order valence-electron chi connectivity index (χ0n) is 16.9. The molecule has 0 spiro atoms. The first-order valence-electron chi connectivity index (χ1n) is 10.9. The first-order valence-corrected chi connectivity index (χ1v) is 13.9. The van der Waals surface area contributed by atoms with Crippen LogP contribution >= 0.6 is 15.8 Å². The van der Waals surface area contributed by atoms with Crippen molar-refractivity contribution in [2.24, 2.45) is 0 Å². The van der Waals surface area contributed by atoms with Gasteiger partial charge in [-0.1, -0.05) is 74.2 Å². The Morgan fingerprint density at radius 2 is 1.08 bits per heavy atom. The molecule has 0 nitrogen and oxygen atoms in total. The molecular weight excluding hydrogens is 338 g/mol. The van der Waals surface area contributed by atoms with Crippen LogP contribution in [-0.2, 0) is 0 Å². The lowest BCUT2D eigenvalue weighted by molar-refractivity contribution is 0.667. The summed E-state index contributed by atoms with van der Waals surface area (Å²) in [7, 11) is 0.118. The Balaban J connectivity index is 1.99. The lowest BCUT2D eigenvalue weighted by Gasteiger charge is -2.33. The molecule has 0 aromatic heterocycles. The van der Waals surface area contributed by atoms with Crippen LogP contribution in [0.25, 0.3) is 0 Å². The minimum atomic E-state index is 0.0581. The molecule has 1 unspecified atom stereocenters. The summed E-state index contributed by atoms with van der Waals surface area (Å²) >= 11 is 0. The van der Waals surface area contributed by atoms with E-state index in [2.05, 4.69) is 52.0 Å². The molecule has 1 aromatic rings. The van der Waals surface area contributed by atoms with E-state index in [1.807, 2.05) is 10.6 Å². The molecule has 0 N–H and O–H groups in total. The van der Waals surface area contributed by atoms with Gasteiger partial charge in [-0.3, -0.25) is 0 Å². The van der Waals surface area contributed by atoms with E-state index >= 15 is 0 Å². The van der Waals surface area contributed by atoms with Gasteiger partial charge < -0.3 is 0 Å². The zero-order valence-corrected chi connectivity index (χ0v) is 18.7. The molecule has 0 saturated carbocycles. The van der Waals surface area contributed by atoms with Crippen LogP contribution < -0.4 is 10.6 Å². The predicted molar refractivity (Wildman–Crippen MR) is 119 cm³/mol. The van der Waals surface area contributed by atoms with Gasteiger partial charge in [-0.05, 0) is 84.6 Å². The van der Waals surface area contributed by atoms with Crippen molar-refractivity contribution in [3.8, 4) is 0 Å². The maximum absolute atomic E-state index is 2.57. The Labute approximate surface area is 159 Å². The third-order valence-electron chi connectivity index (χ3n) is 6.71. The minimum Gasteiger partial charge on any atom is -0.0683 e. The zero-order chi connectivity index (χ0) is 17.8. The fourth-order valence-electron chi connectivity index (χ4n) is 5.43. The van der Waals surface area contributed by atoms with Gasteiger partial charge >= 0.3 is 0 Å². The summed E-state index contributed by atoms with van der Waals surface area (Å²) in [6, 6.07) is 9.83. The number of rotatable bonds is 7. The lowest BCUT2D eigenvalue weighted by atomic mass is 10.1. The van der Waals surface area contributed by atoms with Crippen LogP contribution in [0.3, 0.4) is 0 Å². The molecular formula is C23H38P2. The molecule has 2 fully saturated rings. The molecule has 0 radical (unpaired) electrons. The Bertz CT molecular complexity index is 529. The summed E-state index contributed by atoms with van der Waals surface area (Å²) in [4.78, 5) is 0. The summed E-state index contributed by atoms with van der Waals surface area (Å²) in [5, 5.41) is 3.70. The molecule has 0 amide bonds. The predicted octanol–water partition coefficient (Wildman–Crippen LogP) is 6.99. The van der Waals surface area contributed by atoms with Gasteiger partial charge in [0.05, 0.1) is 0 Å². The molecule has 2 aliphatic rings. The summed E-state index contributed by atoms with van der Waals surface area (Å²) in [6.07, 6.45) is 13.0. The van der Waals surface area contributed by atoms with E-state index in [4.69, 9.17) is 0 Å².